The second-order valence-electron chi connectivity index (χ2n) is 8.27. The van der Waals surface area contributed by atoms with Gasteiger partial charge in [-0.15, -0.1) is 10.2 Å². The molecular weight excluding hydrogens is 460 g/mol. The Balaban J connectivity index is 1.13. The fourth-order valence-electron chi connectivity index (χ4n) is 3.93. The van der Waals surface area contributed by atoms with Crippen LogP contribution in [0.15, 0.2) is 83.3 Å². The summed E-state index contributed by atoms with van der Waals surface area (Å²) in [5.41, 5.74) is 2.20. The number of amides is 2. The molecule has 4 aromatic rings. The molecule has 1 fully saturated rings. The number of rotatable bonds is 8. The van der Waals surface area contributed by atoms with Crippen LogP contribution < -0.4 is 19.7 Å². The van der Waals surface area contributed by atoms with Gasteiger partial charge < -0.3 is 24.1 Å². The Morgan fingerprint density at radius 1 is 1.00 bits per heavy atom. The standard InChI is InChI=1S/C27H24N4O5/c1-34-22-13-9-21(10-14-22)31-16-19(15-25(31)32)26(33)28-20-7-11-23(12-8-20)35-17-24-29-30-27(36-24)18-5-3-2-4-6-18/h2-14,19H,15-17H2,1H3,(H,28,33). The van der Waals surface area contributed by atoms with Gasteiger partial charge in [-0.1, -0.05) is 18.2 Å². The maximum absolute atomic E-state index is 12.8. The van der Waals surface area contributed by atoms with E-state index >= 15 is 0 Å². The summed E-state index contributed by atoms with van der Waals surface area (Å²) in [5, 5.41) is 10.9. The van der Waals surface area contributed by atoms with Crippen molar-refractivity contribution in [2.75, 3.05) is 23.9 Å². The van der Waals surface area contributed by atoms with Crippen LogP contribution in [0.4, 0.5) is 11.4 Å². The summed E-state index contributed by atoms with van der Waals surface area (Å²) >= 11 is 0. The Morgan fingerprint density at radius 3 is 2.44 bits per heavy atom. The molecule has 0 aliphatic carbocycles. The van der Waals surface area contributed by atoms with Crippen molar-refractivity contribution >= 4 is 23.2 Å². The van der Waals surface area contributed by atoms with Gasteiger partial charge >= 0.3 is 0 Å². The second-order valence-corrected chi connectivity index (χ2v) is 8.27. The van der Waals surface area contributed by atoms with Crippen molar-refractivity contribution in [3.63, 3.8) is 0 Å². The summed E-state index contributed by atoms with van der Waals surface area (Å²) in [4.78, 5) is 26.9. The summed E-state index contributed by atoms with van der Waals surface area (Å²) < 4.78 is 16.5. The number of aromatic nitrogens is 2. The third-order valence-corrected chi connectivity index (χ3v) is 5.85. The average molecular weight is 485 g/mol. The van der Waals surface area contributed by atoms with E-state index in [-0.39, 0.29) is 24.8 Å². The minimum atomic E-state index is -0.438. The highest BCUT2D eigenvalue weighted by atomic mass is 16.5. The van der Waals surface area contributed by atoms with Crippen molar-refractivity contribution in [2.45, 2.75) is 13.0 Å². The Kier molecular flexibility index (Phi) is 6.61. The quantitative estimate of drug-likeness (QED) is 0.397. The van der Waals surface area contributed by atoms with Crippen molar-refractivity contribution in [3.05, 3.63) is 84.8 Å². The van der Waals surface area contributed by atoms with Crippen molar-refractivity contribution in [1.29, 1.82) is 0 Å². The van der Waals surface area contributed by atoms with Crippen molar-refractivity contribution in [1.82, 2.24) is 10.2 Å². The van der Waals surface area contributed by atoms with Crippen molar-refractivity contribution < 1.29 is 23.5 Å². The number of benzene rings is 3. The van der Waals surface area contributed by atoms with E-state index in [1.165, 1.54) is 0 Å². The minimum Gasteiger partial charge on any atom is -0.497 e. The Morgan fingerprint density at radius 2 is 1.72 bits per heavy atom. The highest BCUT2D eigenvalue weighted by Crippen LogP contribution is 2.28. The van der Waals surface area contributed by atoms with E-state index in [1.54, 1.807) is 48.4 Å². The van der Waals surface area contributed by atoms with Crippen LogP contribution in [0.1, 0.15) is 12.3 Å². The van der Waals surface area contributed by atoms with Gasteiger partial charge in [-0.3, -0.25) is 9.59 Å². The van der Waals surface area contributed by atoms with Gasteiger partial charge in [-0.25, -0.2) is 0 Å². The lowest BCUT2D eigenvalue weighted by Crippen LogP contribution is -2.28. The van der Waals surface area contributed by atoms with Crippen LogP contribution in [-0.4, -0.2) is 35.7 Å². The molecule has 2 amide bonds. The molecule has 3 aromatic carbocycles. The first-order valence-corrected chi connectivity index (χ1v) is 11.4. The summed E-state index contributed by atoms with van der Waals surface area (Å²) in [7, 11) is 1.59. The molecule has 1 aliphatic rings. The number of carbonyl (C=O) groups excluding carboxylic acids is 2. The van der Waals surface area contributed by atoms with E-state index in [1.807, 2.05) is 42.5 Å². The van der Waals surface area contributed by atoms with Gasteiger partial charge in [0.05, 0.1) is 13.0 Å². The van der Waals surface area contributed by atoms with Gasteiger partial charge in [0.25, 0.3) is 5.89 Å². The van der Waals surface area contributed by atoms with E-state index in [2.05, 4.69) is 15.5 Å². The third-order valence-electron chi connectivity index (χ3n) is 5.85. The maximum Gasteiger partial charge on any atom is 0.254 e. The first-order valence-electron chi connectivity index (χ1n) is 11.4. The smallest absolute Gasteiger partial charge is 0.254 e. The summed E-state index contributed by atoms with van der Waals surface area (Å²) in [6.07, 6.45) is 0.161. The largest absolute Gasteiger partial charge is 0.497 e. The molecule has 1 saturated heterocycles. The molecule has 36 heavy (non-hydrogen) atoms. The molecule has 9 heteroatoms. The lowest BCUT2D eigenvalue weighted by atomic mass is 10.1. The van der Waals surface area contributed by atoms with E-state index in [9.17, 15) is 9.59 Å². The van der Waals surface area contributed by atoms with Gasteiger partial charge in [0.15, 0.2) is 6.61 Å². The normalized spacial score (nSPS) is 15.1. The Hall–Kier alpha value is -4.66. The number of hydrogen-bond donors (Lipinski definition) is 1. The topological polar surface area (TPSA) is 107 Å². The molecule has 0 radical (unpaired) electrons. The zero-order valence-corrected chi connectivity index (χ0v) is 19.6. The van der Waals surface area contributed by atoms with Crippen LogP contribution in [0.2, 0.25) is 0 Å². The number of nitrogens with zero attached hydrogens (tertiary/aromatic N) is 3. The predicted molar refractivity (Wildman–Crippen MR) is 133 cm³/mol. The average Bonchev–Trinajstić information content (AvgIpc) is 3.56. The molecule has 1 unspecified atom stereocenters. The first kappa shape index (κ1) is 23.1. The van der Waals surface area contributed by atoms with Gasteiger partial charge in [-0.2, -0.15) is 0 Å². The molecule has 1 atom stereocenters. The fraction of sp³-hybridized carbons (Fsp3) is 0.185. The third kappa shape index (κ3) is 5.20. The Bertz CT molecular complexity index is 1340. The number of carbonyl (C=O) groups is 2. The van der Waals surface area contributed by atoms with Crippen LogP contribution in [0, 0.1) is 5.92 Å². The molecule has 5 rings (SSSR count). The van der Waals surface area contributed by atoms with Crippen LogP contribution in [0.25, 0.3) is 11.5 Å². The molecule has 0 saturated carbocycles. The summed E-state index contributed by atoms with van der Waals surface area (Å²) in [6, 6.07) is 23.7. The van der Waals surface area contributed by atoms with Crippen LogP contribution >= 0.6 is 0 Å². The predicted octanol–water partition coefficient (Wildman–Crippen LogP) is 4.32. The monoisotopic (exact) mass is 484 g/mol. The van der Waals surface area contributed by atoms with Crippen LogP contribution in [0.3, 0.4) is 0 Å². The van der Waals surface area contributed by atoms with Gasteiger partial charge in [0.2, 0.25) is 17.7 Å². The molecule has 1 N–H and O–H groups in total. The van der Waals surface area contributed by atoms with E-state index < -0.39 is 5.92 Å². The second kappa shape index (κ2) is 10.3. The lowest BCUT2D eigenvalue weighted by Gasteiger charge is -2.17. The summed E-state index contributed by atoms with van der Waals surface area (Å²) in [5.74, 6) is 1.37. The first-order chi connectivity index (χ1) is 17.6. The SMILES string of the molecule is COc1ccc(N2CC(C(=O)Nc3ccc(OCc4nnc(-c5ccccc5)o4)cc3)CC2=O)cc1. The number of hydrogen-bond acceptors (Lipinski definition) is 7. The van der Waals surface area contributed by atoms with E-state index in [4.69, 9.17) is 13.9 Å². The van der Waals surface area contributed by atoms with Gasteiger partial charge in [0, 0.05) is 29.9 Å². The summed E-state index contributed by atoms with van der Waals surface area (Å²) in [6.45, 7) is 0.449. The van der Waals surface area contributed by atoms with Crippen molar-refractivity contribution in [2.24, 2.45) is 5.92 Å². The van der Waals surface area contributed by atoms with E-state index in [0.29, 0.717) is 35.5 Å². The number of anilines is 2. The zero-order chi connectivity index (χ0) is 24.9. The highest BCUT2D eigenvalue weighted by Gasteiger charge is 2.35. The van der Waals surface area contributed by atoms with Gasteiger partial charge in [0.1, 0.15) is 11.5 Å². The molecule has 0 bridgehead atoms. The zero-order valence-electron chi connectivity index (χ0n) is 19.6. The van der Waals surface area contributed by atoms with Crippen molar-refractivity contribution in [3.8, 4) is 23.0 Å². The molecule has 2 heterocycles. The number of nitrogens with one attached hydrogen (secondary N) is 1. The number of ether oxygens (including phenoxy) is 2. The molecule has 182 valence electrons. The number of methoxy groups -OCH3 is 1. The van der Waals surface area contributed by atoms with Gasteiger partial charge in [-0.05, 0) is 60.7 Å². The van der Waals surface area contributed by atoms with Crippen LogP contribution in [-0.2, 0) is 16.2 Å². The fourth-order valence-corrected chi connectivity index (χ4v) is 3.93. The molecular formula is C27H24N4O5. The maximum atomic E-state index is 12.8. The molecule has 1 aromatic heterocycles. The highest BCUT2D eigenvalue weighted by molar-refractivity contribution is 6.03. The molecule has 1 aliphatic heterocycles. The lowest BCUT2D eigenvalue weighted by molar-refractivity contribution is -0.122. The molecule has 9 nitrogen and oxygen atoms in total. The van der Waals surface area contributed by atoms with Crippen LogP contribution in [0.5, 0.6) is 11.5 Å². The molecule has 0 spiro atoms. The minimum absolute atomic E-state index is 0.0829. The Labute approximate surface area is 207 Å². The van der Waals surface area contributed by atoms with E-state index in [0.717, 1.165) is 11.3 Å².